The average molecular weight is 336 g/mol. The predicted molar refractivity (Wildman–Crippen MR) is 84.2 cm³/mol. The molecule has 0 radical (unpaired) electrons. The monoisotopic (exact) mass is 336 g/mol. The van der Waals surface area contributed by atoms with Crippen molar-refractivity contribution in [3.05, 3.63) is 54.6 Å². The summed E-state index contributed by atoms with van der Waals surface area (Å²) in [5.74, 6) is -2.89. The minimum atomic E-state index is -5.03. The van der Waals surface area contributed by atoms with Gasteiger partial charge in [0.2, 0.25) is 5.91 Å². The summed E-state index contributed by atoms with van der Waals surface area (Å²) in [6.07, 6.45) is -5.03. The van der Waals surface area contributed by atoms with Gasteiger partial charge in [-0.2, -0.15) is 13.2 Å². The normalized spacial score (nSPS) is 12.3. The number of hydrogen-bond donors (Lipinski definition) is 2. The molecule has 0 aliphatic rings. The second-order valence-corrected chi connectivity index (χ2v) is 5.09. The lowest BCUT2D eigenvalue weighted by Crippen LogP contribution is -2.47. The maximum absolute atomic E-state index is 12.2. The molecule has 0 aliphatic heterocycles. The van der Waals surface area contributed by atoms with Gasteiger partial charge in [0.25, 0.3) is 0 Å². The van der Waals surface area contributed by atoms with Gasteiger partial charge >= 0.3 is 12.1 Å². The van der Waals surface area contributed by atoms with Gasteiger partial charge in [-0.3, -0.25) is 9.59 Å². The van der Waals surface area contributed by atoms with Crippen LogP contribution in [0.5, 0.6) is 0 Å². The van der Waals surface area contributed by atoms with Gasteiger partial charge in [-0.25, -0.2) is 0 Å². The van der Waals surface area contributed by atoms with Crippen LogP contribution in [-0.2, 0) is 9.59 Å². The van der Waals surface area contributed by atoms with E-state index < -0.39 is 24.0 Å². The van der Waals surface area contributed by atoms with E-state index in [0.29, 0.717) is 5.69 Å². The van der Waals surface area contributed by atoms with Crippen molar-refractivity contribution in [3.8, 4) is 11.1 Å². The molecule has 0 fully saturated rings. The summed E-state index contributed by atoms with van der Waals surface area (Å²) in [6, 6.07) is 14.8. The van der Waals surface area contributed by atoms with Crippen molar-refractivity contribution in [3.63, 3.8) is 0 Å². The van der Waals surface area contributed by atoms with Crippen LogP contribution in [0.25, 0.3) is 11.1 Å². The molecule has 24 heavy (non-hydrogen) atoms. The molecule has 0 bridgehead atoms. The summed E-state index contributed by atoms with van der Waals surface area (Å²) in [6.45, 7) is 1.18. The Morgan fingerprint density at radius 1 is 0.958 bits per heavy atom. The zero-order chi connectivity index (χ0) is 17.7. The van der Waals surface area contributed by atoms with Gasteiger partial charge in [-0.15, -0.1) is 0 Å². The number of alkyl halides is 3. The Labute approximate surface area is 136 Å². The molecule has 7 heteroatoms. The molecule has 0 aromatic heterocycles. The molecule has 4 nitrogen and oxygen atoms in total. The number of carbonyl (C=O) groups is 2. The lowest BCUT2D eigenvalue weighted by atomic mass is 10.0. The van der Waals surface area contributed by atoms with E-state index in [0.717, 1.165) is 11.1 Å². The highest BCUT2D eigenvalue weighted by atomic mass is 19.4. The fraction of sp³-hybridized carbons (Fsp3) is 0.176. The van der Waals surface area contributed by atoms with Crippen LogP contribution in [0.2, 0.25) is 0 Å². The quantitative estimate of drug-likeness (QED) is 0.899. The van der Waals surface area contributed by atoms with Crippen LogP contribution >= 0.6 is 0 Å². The fourth-order valence-corrected chi connectivity index (χ4v) is 2.05. The highest BCUT2D eigenvalue weighted by Crippen LogP contribution is 2.27. The number of nitrogens with one attached hydrogen (secondary N) is 2. The molecule has 2 aromatic rings. The van der Waals surface area contributed by atoms with Gasteiger partial charge in [0.05, 0.1) is 0 Å². The first-order valence-electron chi connectivity index (χ1n) is 7.12. The summed E-state index contributed by atoms with van der Waals surface area (Å²) in [5.41, 5.74) is 2.02. The van der Waals surface area contributed by atoms with E-state index in [1.54, 1.807) is 29.6 Å². The Morgan fingerprint density at radius 2 is 1.54 bits per heavy atom. The molecule has 126 valence electrons. The maximum Gasteiger partial charge on any atom is 0.471 e. The molecule has 2 rings (SSSR count). The maximum atomic E-state index is 12.2. The van der Waals surface area contributed by atoms with E-state index >= 15 is 0 Å². The van der Waals surface area contributed by atoms with Crippen molar-refractivity contribution in [2.24, 2.45) is 0 Å². The van der Waals surface area contributed by atoms with Gasteiger partial charge in [-0.1, -0.05) is 48.5 Å². The molecular weight excluding hydrogens is 321 g/mol. The highest BCUT2D eigenvalue weighted by Gasteiger charge is 2.40. The van der Waals surface area contributed by atoms with Crippen LogP contribution in [0.4, 0.5) is 18.9 Å². The lowest BCUT2D eigenvalue weighted by Gasteiger charge is -2.17. The SMILES string of the molecule is C[C@@H](NC(=O)C(F)(F)F)C(=O)Nc1ccccc1-c1ccccc1. The van der Waals surface area contributed by atoms with Crippen molar-refractivity contribution >= 4 is 17.5 Å². The first-order chi connectivity index (χ1) is 11.3. The Balaban J connectivity index is 2.14. The molecule has 2 N–H and O–H groups in total. The Bertz CT molecular complexity index is 730. The largest absolute Gasteiger partial charge is 0.471 e. The number of anilines is 1. The molecule has 0 aliphatic carbocycles. The van der Waals surface area contributed by atoms with Gasteiger partial charge in [0.15, 0.2) is 0 Å². The number of halogens is 3. The number of para-hydroxylation sites is 1. The van der Waals surface area contributed by atoms with Gasteiger partial charge in [0.1, 0.15) is 6.04 Å². The van der Waals surface area contributed by atoms with Crippen LogP contribution in [0.3, 0.4) is 0 Å². The molecule has 0 unspecified atom stereocenters. The molecule has 0 spiro atoms. The van der Waals surface area contributed by atoms with Crippen LogP contribution in [-0.4, -0.2) is 24.0 Å². The standard InChI is InChI=1S/C17H15F3N2O2/c1-11(21-16(24)17(18,19)20)15(23)22-14-10-6-5-9-13(14)12-7-3-2-4-8-12/h2-11H,1H3,(H,21,24)(H,22,23)/t11-/m1/s1. The number of rotatable bonds is 4. The van der Waals surface area contributed by atoms with E-state index in [1.165, 1.54) is 6.92 Å². The highest BCUT2D eigenvalue weighted by molar-refractivity contribution is 6.00. The zero-order valence-corrected chi connectivity index (χ0v) is 12.7. The van der Waals surface area contributed by atoms with Crippen molar-refractivity contribution in [2.75, 3.05) is 5.32 Å². The van der Waals surface area contributed by atoms with Crippen molar-refractivity contribution in [1.29, 1.82) is 0 Å². The first kappa shape index (κ1) is 17.5. The van der Waals surface area contributed by atoms with E-state index in [9.17, 15) is 22.8 Å². The minimum absolute atomic E-state index is 0.446. The van der Waals surface area contributed by atoms with Crippen molar-refractivity contribution < 1.29 is 22.8 Å². The van der Waals surface area contributed by atoms with Crippen molar-refractivity contribution in [1.82, 2.24) is 5.32 Å². The minimum Gasteiger partial charge on any atom is -0.337 e. The lowest BCUT2D eigenvalue weighted by molar-refractivity contribution is -0.174. The van der Waals surface area contributed by atoms with Gasteiger partial charge < -0.3 is 10.6 Å². The smallest absolute Gasteiger partial charge is 0.337 e. The molecule has 0 heterocycles. The Kier molecular flexibility index (Phi) is 5.23. The Hall–Kier alpha value is -2.83. The zero-order valence-electron chi connectivity index (χ0n) is 12.7. The summed E-state index contributed by atoms with van der Waals surface area (Å²) in [4.78, 5) is 23.0. The number of hydrogen-bond acceptors (Lipinski definition) is 2. The van der Waals surface area contributed by atoms with Crippen LogP contribution in [0.1, 0.15) is 6.92 Å². The van der Waals surface area contributed by atoms with E-state index in [1.807, 2.05) is 30.3 Å². The van der Waals surface area contributed by atoms with E-state index in [-0.39, 0.29) is 0 Å². The summed E-state index contributed by atoms with van der Waals surface area (Å²) in [5, 5.41) is 4.17. The number of carbonyl (C=O) groups excluding carboxylic acids is 2. The molecule has 2 amide bonds. The summed E-state index contributed by atoms with van der Waals surface area (Å²) < 4.78 is 36.7. The fourth-order valence-electron chi connectivity index (χ4n) is 2.05. The molecule has 2 aromatic carbocycles. The first-order valence-corrected chi connectivity index (χ1v) is 7.12. The number of benzene rings is 2. The molecule has 0 saturated heterocycles. The third-order valence-electron chi connectivity index (χ3n) is 3.27. The summed E-state index contributed by atoms with van der Waals surface area (Å²) >= 11 is 0. The predicted octanol–water partition coefficient (Wildman–Crippen LogP) is 3.36. The van der Waals surface area contributed by atoms with Crippen LogP contribution in [0, 0.1) is 0 Å². The number of amides is 2. The third kappa shape index (κ3) is 4.34. The van der Waals surface area contributed by atoms with E-state index in [4.69, 9.17) is 0 Å². The van der Waals surface area contributed by atoms with E-state index in [2.05, 4.69) is 5.32 Å². The van der Waals surface area contributed by atoms with Gasteiger partial charge in [-0.05, 0) is 18.6 Å². The second-order valence-electron chi connectivity index (χ2n) is 5.09. The third-order valence-corrected chi connectivity index (χ3v) is 3.27. The summed E-state index contributed by atoms with van der Waals surface area (Å²) in [7, 11) is 0. The van der Waals surface area contributed by atoms with Crippen LogP contribution in [0.15, 0.2) is 54.6 Å². The van der Waals surface area contributed by atoms with Crippen molar-refractivity contribution in [2.45, 2.75) is 19.1 Å². The Morgan fingerprint density at radius 3 is 2.17 bits per heavy atom. The molecule has 0 saturated carbocycles. The van der Waals surface area contributed by atoms with Crippen LogP contribution < -0.4 is 10.6 Å². The van der Waals surface area contributed by atoms with Gasteiger partial charge in [0, 0.05) is 11.3 Å². The average Bonchev–Trinajstić information content (AvgIpc) is 2.55. The molecular formula is C17H15F3N2O2. The molecule has 1 atom stereocenters. The second kappa shape index (κ2) is 7.16. The topological polar surface area (TPSA) is 58.2 Å².